The fraction of sp³-hybridized carbons (Fsp3) is 0.100. The molecule has 1 amide bonds. The van der Waals surface area contributed by atoms with Gasteiger partial charge in [0.1, 0.15) is 5.82 Å². The number of anilines is 1. The average Bonchev–Trinajstić information content (AvgIpc) is 2.69. The normalized spacial score (nSPS) is 12.3. The van der Waals surface area contributed by atoms with Crippen molar-refractivity contribution in [2.75, 3.05) is 5.32 Å². The summed E-state index contributed by atoms with van der Waals surface area (Å²) in [4.78, 5) is 16.6. The molecule has 0 aliphatic carbocycles. The monoisotopic (exact) mass is 415 g/mol. The molecule has 2 aromatic carbocycles. The van der Waals surface area contributed by atoms with Gasteiger partial charge in [0.15, 0.2) is 0 Å². The first kappa shape index (κ1) is 20.0. The first-order chi connectivity index (χ1) is 13.4. The van der Waals surface area contributed by atoms with E-state index in [1.165, 1.54) is 24.3 Å². The number of hydrogen-bond donors (Lipinski definition) is 2. The molecule has 3 rings (SSSR count). The number of nitrogens with zero attached hydrogens (tertiary/aromatic N) is 1. The number of aromatic nitrogens is 1. The summed E-state index contributed by atoms with van der Waals surface area (Å²) in [5.41, 5.74) is 0.677. The molecule has 1 atom stereocenters. The molecule has 144 valence electrons. The minimum absolute atomic E-state index is 0.0722. The topological polar surface area (TPSA) is 88.2 Å². The van der Waals surface area contributed by atoms with Crippen LogP contribution in [0.15, 0.2) is 83.9 Å². The third kappa shape index (κ3) is 5.39. The van der Waals surface area contributed by atoms with Crippen LogP contribution >= 0.6 is 11.6 Å². The molecule has 8 heteroatoms. The van der Waals surface area contributed by atoms with Crippen LogP contribution in [0.2, 0.25) is 5.02 Å². The minimum atomic E-state index is -3.85. The van der Waals surface area contributed by atoms with E-state index in [1.54, 1.807) is 48.7 Å². The highest BCUT2D eigenvalue weighted by atomic mass is 35.5. The van der Waals surface area contributed by atoms with Gasteiger partial charge in [-0.15, -0.1) is 0 Å². The Morgan fingerprint density at radius 2 is 1.64 bits per heavy atom. The fourth-order valence-electron chi connectivity index (χ4n) is 2.60. The molecule has 3 aromatic rings. The van der Waals surface area contributed by atoms with Crippen molar-refractivity contribution < 1.29 is 13.2 Å². The maximum absolute atomic E-state index is 12.8. The third-order valence-electron chi connectivity index (χ3n) is 3.95. The zero-order valence-corrected chi connectivity index (χ0v) is 16.3. The Hall–Kier alpha value is -2.74. The smallest absolute Gasteiger partial charge is 0.241 e. The highest BCUT2D eigenvalue weighted by Gasteiger charge is 2.24. The second-order valence-corrected chi connectivity index (χ2v) is 8.16. The lowest BCUT2D eigenvalue weighted by molar-refractivity contribution is -0.116. The van der Waals surface area contributed by atoms with Crippen LogP contribution in [0.4, 0.5) is 5.82 Å². The number of pyridine rings is 1. The van der Waals surface area contributed by atoms with Crippen molar-refractivity contribution in [1.29, 1.82) is 0 Å². The first-order valence-electron chi connectivity index (χ1n) is 8.48. The van der Waals surface area contributed by atoms with Crippen LogP contribution in [-0.4, -0.2) is 19.3 Å². The van der Waals surface area contributed by atoms with Crippen molar-refractivity contribution in [2.24, 2.45) is 0 Å². The Morgan fingerprint density at radius 1 is 0.964 bits per heavy atom. The minimum Gasteiger partial charge on any atom is -0.311 e. The second-order valence-electron chi connectivity index (χ2n) is 6.01. The van der Waals surface area contributed by atoms with Gasteiger partial charge in [0.05, 0.1) is 10.9 Å². The third-order valence-corrected chi connectivity index (χ3v) is 5.68. The molecule has 6 nitrogen and oxygen atoms in total. The van der Waals surface area contributed by atoms with Gasteiger partial charge in [0.2, 0.25) is 15.9 Å². The standard InChI is InChI=1S/C20H18ClN3O3S/c21-16-9-11-17(12-10-16)28(26,27)24-18(15-6-2-1-3-7-15)14-20(25)23-19-8-4-5-13-22-19/h1-13,18,24H,14H2,(H,22,23,25). The van der Waals surface area contributed by atoms with E-state index in [0.717, 1.165) is 0 Å². The molecule has 1 heterocycles. The van der Waals surface area contributed by atoms with Crippen molar-refractivity contribution in [2.45, 2.75) is 17.4 Å². The van der Waals surface area contributed by atoms with Crippen molar-refractivity contribution >= 4 is 33.3 Å². The molecule has 0 bridgehead atoms. The Balaban J connectivity index is 1.81. The van der Waals surface area contributed by atoms with Crippen LogP contribution in [0.5, 0.6) is 0 Å². The van der Waals surface area contributed by atoms with Crippen LogP contribution in [0.25, 0.3) is 0 Å². The summed E-state index contributed by atoms with van der Waals surface area (Å²) in [6.07, 6.45) is 1.47. The number of hydrogen-bond acceptors (Lipinski definition) is 4. The fourth-order valence-corrected chi connectivity index (χ4v) is 3.95. The number of rotatable bonds is 7. The summed E-state index contributed by atoms with van der Waals surface area (Å²) < 4.78 is 28.1. The summed E-state index contributed by atoms with van der Waals surface area (Å²) in [5, 5.41) is 3.11. The van der Waals surface area contributed by atoms with E-state index in [9.17, 15) is 13.2 Å². The van der Waals surface area contributed by atoms with Crippen molar-refractivity contribution in [3.8, 4) is 0 Å². The molecule has 2 N–H and O–H groups in total. The Labute approximate surface area is 168 Å². The second kappa shape index (κ2) is 8.97. The van der Waals surface area contributed by atoms with Gasteiger partial charge >= 0.3 is 0 Å². The molecular formula is C20H18ClN3O3S. The lowest BCUT2D eigenvalue weighted by Gasteiger charge is -2.19. The lowest BCUT2D eigenvalue weighted by Crippen LogP contribution is -2.31. The number of sulfonamides is 1. The average molecular weight is 416 g/mol. The molecule has 1 unspecified atom stereocenters. The zero-order chi connectivity index (χ0) is 20.0. The van der Waals surface area contributed by atoms with E-state index in [0.29, 0.717) is 16.4 Å². The highest BCUT2D eigenvalue weighted by Crippen LogP contribution is 2.22. The van der Waals surface area contributed by atoms with E-state index in [1.807, 2.05) is 6.07 Å². The SMILES string of the molecule is O=C(CC(NS(=O)(=O)c1ccc(Cl)cc1)c1ccccc1)Nc1ccccn1. The van der Waals surface area contributed by atoms with E-state index < -0.39 is 16.1 Å². The van der Waals surface area contributed by atoms with Gasteiger partial charge < -0.3 is 5.32 Å². The maximum atomic E-state index is 12.8. The van der Waals surface area contributed by atoms with Gasteiger partial charge in [0.25, 0.3) is 0 Å². The molecule has 28 heavy (non-hydrogen) atoms. The zero-order valence-electron chi connectivity index (χ0n) is 14.7. The summed E-state index contributed by atoms with van der Waals surface area (Å²) in [6, 6.07) is 19.2. The number of carbonyl (C=O) groups excluding carboxylic acids is 1. The molecule has 0 saturated heterocycles. The molecule has 1 aromatic heterocycles. The molecular weight excluding hydrogens is 398 g/mol. The van der Waals surface area contributed by atoms with Crippen LogP contribution < -0.4 is 10.0 Å². The van der Waals surface area contributed by atoms with E-state index >= 15 is 0 Å². The van der Waals surface area contributed by atoms with Gasteiger partial charge in [-0.25, -0.2) is 18.1 Å². The predicted octanol–water partition coefficient (Wildman–Crippen LogP) is 3.78. The van der Waals surface area contributed by atoms with Crippen molar-refractivity contribution in [3.63, 3.8) is 0 Å². The molecule has 0 saturated carbocycles. The first-order valence-corrected chi connectivity index (χ1v) is 10.3. The van der Waals surface area contributed by atoms with Crippen LogP contribution in [-0.2, 0) is 14.8 Å². The quantitative estimate of drug-likeness (QED) is 0.614. The summed E-state index contributed by atoms with van der Waals surface area (Å²) in [5.74, 6) is 0.0474. The molecule has 0 radical (unpaired) electrons. The van der Waals surface area contributed by atoms with Gasteiger partial charge in [-0.3, -0.25) is 4.79 Å². The molecule has 0 spiro atoms. The number of amides is 1. The van der Waals surface area contributed by atoms with E-state index in [-0.39, 0.29) is 17.2 Å². The number of nitrogens with one attached hydrogen (secondary N) is 2. The van der Waals surface area contributed by atoms with E-state index in [4.69, 9.17) is 11.6 Å². The Bertz CT molecular complexity index is 1030. The molecule has 0 fully saturated rings. The Morgan fingerprint density at radius 3 is 2.29 bits per heavy atom. The highest BCUT2D eigenvalue weighted by molar-refractivity contribution is 7.89. The van der Waals surface area contributed by atoms with Crippen LogP contribution in [0.1, 0.15) is 18.0 Å². The Kier molecular flexibility index (Phi) is 6.41. The van der Waals surface area contributed by atoms with Crippen LogP contribution in [0, 0.1) is 0 Å². The van der Waals surface area contributed by atoms with Crippen LogP contribution in [0.3, 0.4) is 0 Å². The van der Waals surface area contributed by atoms with Crippen molar-refractivity contribution in [1.82, 2.24) is 9.71 Å². The number of carbonyl (C=O) groups is 1. The molecule has 0 aliphatic rings. The number of halogens is 1. The maximum Gasteiger partial charge on any atom is 0.241 e. The van der Waals surface area contributed by atoms with Gasteiger partial charge in [-0.05, 0) is 42.0 Å². The summed E-state index contributed by atoms with van der Waals surface area (Å²) in [6.45, 7) is 0. The van der Waals surface area contributed by atoms with Crippen molar-refractivity contribution in [3.05, 3.63) is 89.6 Å². The van der Waals surface area contributed by atoms with Gasteiger partial charge in [-0.1, -0.05) is 48.0 Å². The predicted molar refractivity (Wildman–Crippen MR) is 108 cm³/mol. The summed E-state index contributed by atoms with van der Waals surface area (Å²) in [7, 11) is -3.85. The van der Waals surface area contributed by atoms with Gasteiger partial charge in [-0.2, -0.15) is 0 Å². The largest absolute Gasteiger partial charge is 0.311 e. The molecule has 0 aliphatic heterocycles. The van der Waals surface area contributed by atoms with Gasteiger partial charge in [0, 0.05) is 17.6 Å². The number of benzene rings is 2. The van der Waals surface area contributed by atoms with E-state index in [2.05, 4.69) is 15.0 Å². The lowest BCUT2D eigenvalue weighted by atomic mass is 10.0. The summed E-state index contributed by atoms with van der Waals surface area (Å²) >= 11 is 5.84.